The highest BCUT2D eigenvalue weighted by Crippen LogP contribution is 2.18. The van der Waals surface area contributed by atoms with Crippen LogP contribution in [0.1, 0.15) is 380 Å². The molecule has 0 saturated carbocycles. The lowest BCUT2D eigenvalue weighted by Gasteiger charge is -2.18. The molecule has 0 spiro atoms. The van der Waals surface area contributed by atoms with Crippen molar-refractivity contribution in [3.05, 3.63) is 60.8 Å². The Morgan fingerprint density at radius 3 is 0.716 bits per heavy atom. The molecule has 0 aromatic heterocycles. The standard InChI is InChI=1S/C75H136O6/c1-4-7-10-13-16-19-22-25-28-31-33-34-35-36-37-38-39-40-42-44-47-50-53-56-59-62-65-68-74(77)80-71-72(70-79-73(76)67-64-61-58-55-52-49-46-43-30-27-24-21-18-15-12-9-6-3)81-75(78)69-66-63-60-57-54-51-48-45-41-32-29-26-23-20-17-14-11-8-5-2/h17,20,22,25-26,29,31,33,35-36,72H,4-16,18-19,21,23-24,27-28,30,32,34,37-71H2,1-3H3/b20-17-,25-22-,29-26-,33-31-,36-35-. The number of carbonyl (C=O) groups is 3. The Balaban J connectivity index is 4.30. The first kappa shape index (κ1) is 78.1. The van der Waals surface area contributed by atoms with Crippen LogP contribution in [0.2, 0.25) is 0 Å². The highest BCUT2D eigenvalue weighted by molar-refractivity contribution is 5.71. The summed E-state index contributed by atoms with van der Waals surface area (Å²) in [5, 5.41) is 0. The minimum atomic E-state index is -0.777. The van der Waals surface area contributed by atoms with E-state index in [4.69, 9.17) is 14.2 Å². The van der Waals surface area contributed by atoms with Gasteiger partial charge in [-0.15, -0.1) is 0 Å². The van der Waals surface area contributed by atoms with Crippen molar-refractivity contribution in [3.8, 4) is 0 Å². The lowest BCUT2D eigenvalue weighted by Crippen LogP contribution is -2.30. The van der Waals surface area contributed by atoms with Crippen LogP contribution in [0, 0.1) is 0 Å². The number of carbonyl (C=O) groups excluding carboxylic acids is 3. The van der Waals surface area contributed by atoms with Crippen LogP contribution in [0.3, 0.4) is 0 Å². The molecule has 1 atom stereocenters. The Labute approximate surface area is 504 Å². The van der Waals surface area contributed by atoms with E-state index in [-0.39, 0.29) is 31.1 Å². The van der Waals surface area contributed by atoms with Gasteiger partial charge in [-0.2, -0.15) is 0 Å². The fraction of sp³-hybridized carbons (Fsp3) is 0.827. The third-order valence-corrected chi connectivity index (χ3v) is 16.0. The van der Waals surface area contributed by atoms with E-state index < -0.39 is 6.10 Å². The monoisotopic (exact) mass is 1130 g/mol. The summed E-state index contributed by atoms with van der Waals surface area (Å²) in [6.45, 7) is 6.67. The molecule has 6 heteroatoms. The molecule has 0 radical (unpaired) electrons. The second kappa shape index (κ2) is 69.6. The van der Waals surface area contributed by atoms with Crippen molar-refractivity contribution in [2.75, 3.05) is 13.2 Å². The Morgan fingerprint density at radius 2 is 0.444 bits per heavy atom. The molecule has 0 aromatic carbocycles. The Kier molecular flexibility index (Phi) is 67.1. The van der Waals surface area contributed by atoms with E-state index in [1.54, 1.807) is 0 Å². The van der Waals surface area contributed by atoms with Crippen LogP contribution < -0.4 is 0 Å². The van der Waals surface area contributed by atoms with Gasteiger partial charge in [-0.3, -0.25) is 14.4 Å². The summed E-state index contributed by atoms with van der Waals surface area (Å²) in [5.41, 5.74) is 0. The minimum Gasteiger partial charge on any atom is -0.462 e. The molecular weight excluding hydrogens is 997 g/mol. The van der Waals surface area contributed by atoms with Gasteiger partial charge in [-0.1, -0.05) is 332 Å². The number of allylic oxidation sites excluding steroid dienone is 10. The van der Waals surface area contributed by atoms with Gasteiger partial charge in [0.05, 0.1) is 0 Å². The third kappa shape index (κ3) is 67.8. The van der Waals surface area contributed by atoms with Gasteiger partial charge in [0.15, 0.2) is 6.10 Å². The molecule has 1 unspecified atom stereocenters. The smallest absolute Gasteiger partial charge is 0.306 e. The molecule has 6 nitrogen and oxygen atoms in total. The Morgan fingerprint density at radius 1 is 0.247 bits per heavy atom. The molecule has 0 fully saturated rings. The van der Waals surface area contributed by atoms with E-state index >= 15 is 0 Å². The Hall–Kier alpha value is -2.89. The molecule has 0 aromatic rings. The zero-order valence-corrected chi connectivity index (χ0v) is 54.3. The SMILES string of the molecule is CCCCC/C=C\C/C=C\CCCCCCCCCCCC(=O)OC(COC(=O)CCCCCCCCCCCCCC/C=C\C/C=C\C/C=C\CCCCCCC)COC(=O)CCCCCCCCCCCCCCCCCCC. The van der Waals surface area contributed by atoms with Gasteiger partial charge >= 0.3 is 17.9 Å². The first-order valence-electron chi connectivity index (χ1n) is 35.8. The van der Waals surface area contributed by atoms with Crippen LogP contribution in [-0.2, 0) is 28.6 Å². The first-order valence-corrected chi connectivity index (χ1v) is 35.8. The van der Waals surface area contributed by atoms with E-state index in [2.05, 4.69) is 81.5 Å². The highest BCUT2D eigenvalue weighted by Gasteiger charge is 2.19. The highest BCUT2D eigenvalue weighted by atomic mass is 16.6. The zero-order chi connectivity index (χ0) is 58.5. The van der Waals surface area contributed by atoms with E-state index in [0.29, 0.717) is 19.3 Å². The number of ether oxygens (including phenoxy) is 3. The van der Waals surface area contributed by atoms with Gasteiger partial charge in [0.2, 0.25) is 0 Å². The predicted molar refractivity (Wildman–Crippen MR) is 353 cm³/mol. The average Bonchev–Trinajstić information content (AvgIpc) is 3.47. The van der Waals surface area contributed by atoms with Gasteiger partial charge in [-0.25, -0.2) is 0 Å². The molecule has 0 N–H and O–H groups in total. The van der Waals surface area contributed by atoms with Gasteiger partial charge in [0, 0.05) is 19.3 Å². The normalized spacial score (nSPS) is 12.4. The van der Waals surface area contributed by atoms with Crippen molar-refractivity contribution < 1.29 is 28.6 Å². The summed E-state index contributed by atoms with van der Waals surface area (Å²) >= 11 is 0. The summed E-state index contributed by atoms with van der Waals surface area (Å²) < 4.78 is 17.0. The zero-order valence-electron chi connectivity index (χ0n) is 54.3. The van der Waals surface area contributed by atoms with Gasteiger partial charge in [0.25, 0.3) is 0 Å². The molecule has 472 valence electrons. The van der Waals surface area contributed by atoms with E-state index in [9.17, 15) is 14.4 Å². The number of unbranched alkanes of at least 4 members (excludes halogenated alkanes) is 45. The maximum absolute atomic E-state index is 13.0. The van der Waals surface area contributed by atoms with Crippen molar-refractivity contribution in [1.29, 1.82) is 0 Å². The van der Waals surface area contributed by atoms with Gasteiger partial charge in [-0.05, 0) is 89.9 Å². The molecule has 0 aliphatic heterocycles. The van der Waals surface area contributed by atoms with Gasteiger partial charge < -0.3 is 14.2 Å². The first-order chi connectivity index (χ1) is 40.0. The predicted octanol–water partition coefficient (Wildman–Crippen LogP) is 24.7. The minimum absolute atomic E-state index is 0.0719. The molecule has 0 heterocycles. The van der Waals surface area contributed by atoms with Crippen LogP contribution in [0.4, 0.5) is 0 Å². The lowest BCUT2D eigenvalue weighted by molar-refractivity contribution is -0.167. The number of hydrogen-bond donors (Lipinski definition) is 0. The quantitative estimate of drug-likeness (QED) is 0.0261. The van der Waals surface area contributed by atoms with Crippen molar-refractivity contribution in [2.24, 2.45) is 0 Å². The van der Waals surface area contributed by atoms with Crippen LogP contribution in [0.5, 0.6) is 0 Å². The van der Waals surface area contributed by atoms with Crippen molar-refractivity contribution >= 4 is 17.9 Å². The van der Waals surface area contributed by atoms with Crippen LogP contribution in [0.25, 0.3) is 0 Å². The number of esters is 3. The van der Waals surface area contributed by atoms with E-state index in [1.165, 1.54) is 263 Å². The van der Waals surface area contributed by atoms with Crippen molar-refractivity contribution in [3.63, 3.8) is 0 Å². The largest absolute Gasteiger partial charge is 0.462 e. The maximum atomic E-state index is 13.0. The molecule has 0 amide bonds. The molecule has 0 aliphatic rings. The van der Waals surface area contributed by atoms with Crippen LogP contribution in [0.15, 0.2) is 60.8 Å². The third-order valence-electron chi connectivity index (χ3n) is 16.0. The summed E-state index contributed by atoms with van der Waals surface area (Å²) in [6, 6.07) is 0. The molecule has 0 bridgehead atoms. The van der Waals surface area contributed by atoms with Crippen LogP contribution in [-0.4, -0.2) is 37.2 Å². The lowest BCUT2D eigenvalue weighted by atomic mass is 10.0. The number of rotatable bonds is 66. The fourth-order valence-corrected chi connectivity index (χ4v) is 10.6. The molecule has 0 saturated heterocycles. The summed E-state index contributed by atoms with van der Waals surface area (Å²) in [6.07, 6.45) is 89.5. The fourth-order valence-electron chi connectivity index (χ4n) is 10.6. The molecule has 0 rings (SSSR count). The number of hydrogen-bond acceptors (Lipinski definition) is 6. The van der Waals surface area contributed by atoms with Crippen molar-refractivity contribution in [1.82, 2.24) is 0 Å². The summed E-state index contributed by atoms with van der Waals surface area (Å²) in [5.74, 6) is -0.852. The summed E-state index contributed by atoms with van der Waals surface area (Å²) in [4.78, 5) is 38.5. The van der Waals surface area contributed by atoms with E-state index in [0.717, 1.165) is 77.0 Å². The topological polar surface area (TPSA) is 78.9 Å². The molecule has 81 heavy (non-hydrogen) atoms. The summed E-state index contributed by atoms with van der Waals surface area (Å²) in [7, 11) is 0. The molecule has 0 aliphatic carbocycles. The van der Waals surface area contributed by atoms with Gasteiger partial charge in [0.1, 0.15) is 13.2 Å². The second-order valence-electron chi connectivity index (χ2n) is 24.1. The molecular formula is C75H136O6. The maximum Gasteiger partial charge on any atom is 0.306 e. The van der Waals surface area contributed by atoms with Crippen molar-refractivity contribution in [2.45, 2.75) is 386 Å². The second-order valence-corrected chi connectivity index (χ2v) is 24.1. The van der Waals surface area contributed by atoms with E-state index in [1.807, 2.05) is 0 Å². The Bertz CT molecular complexity index is 1440. The van der Waals surface area contributed by atoms with Crippen LogP contribution >= 0.6 is 0 Å². The average molecular weight is 1130 g/mol.